The first-order chi connectivity index (χ1) is 17.1. The minimum atomic E-state index is -0.991. The van der Waals surface area contributed by atoms with Gasteiger partial charge < -0.3 is 19.5 Å². The summed E-state index contributed by atoms with van der Waals surface area (Å²) >= 11 is 0. The van der Waals surface area contributed by atoms with Gasteiger partial charge in [-0.25, -0.2) is 8.78 Å². The van der Waals surface area contributed by atoms with Gasteiger partial charge in [0.2, 0.25) is 0 Å². The van der Waals surface area contributed by atoms with Crippen LogP contribution in [0.5, 0.6) is 0 Å². The molecule has 0 bridgehead atoms. The molecule has 7 heteroatoms. The standard InChI is InChI=1S/C29H40F2NO4/c1-18-12-25-24(9-7-20(3)29(25,34)14-28(18)36-21(4)33)19(2)15-32-11-5-6-23(16-32)35-17-22-8-10-26(30)27(31)13-22/h8,10,12-14,19-20,23-25,28,34H,5-7,9,11,15-17H2,1-4H3/t19?,20-,23?,24+,25-,28-,29-/m1/s1. The minimum Gasteiger partial charge on any atom is -0.458 e. The molecule has 199 valence electrons. The Morgan fingerprint density at radius 3 is 2.75 bits per heavy atom. The molecule has 7 atom stereocenters. The maximum Gasteiger partial charge on any atom is 0.303 e. The van der Waals surface area contributed by atoms with Crippen LogP contribution < -0.4 is 0 Å². The molecule has 1 radical (unpaired) electrons. The van der Waals surface area contributed by atoms with Crippen LogP contribution in [-0.2, 0) is 20.9 Å². The first-order valence-corrected chi connectivity index (χ1v) is 13.3. The Morgan fingerprint density at radius 2 is 2.03 bits per heavy atom. The molecule has 2 fully saturated rings. The van der Waals surface area contributed by atoms with Crippen molar-refractivity contribution in [3.8, 4) is 0 Å². The normalized spacial score (nSPS) is 34.0. The third-order valence-corrected chi connectivity index (χ3v) is 8.53. The van der Waals surface area contributed by atoms with Crippen molar-refractivity contribution in [2.45, 2.75) is 77.8 Å². The van der Waals surface area contributed by atoms with E-state index >= 15 is 0 Å². The van der Waals surface area contributed by atoms with Crippen LogP contribution in [-0.4, -0.2) is 53.4 Å². The zero-order chi connectivity index (χ0) is 26.0. The molecule has 1 aliphatic heterocycles. The summed E-state index contributed by atoms with van der Waals surface area (Å²) in [5.41, 5.74) is 0.627. The van der Waals surface area contributed by atoms with Crippen LogP contribution in [0.15, 0.2) is 29.8 Å². The van der Waals surface area contributed by atoms with Gasteiger partial charge in [0.05, 0.1) is 18.3 Å². The Kier molecular flexibility index (Phi) is 8.52. The van der Waals surface area contributed by atoms with Crippen LogP contribution in [0.4, 0.5) is 8.78 Å². The van der Waals surface area contributed by atoms with Gasteiger partial charge in [-0.3, -0.25) is 4.79 Å². The summed E-state index contributed by atoms with van der Waals surface area (Å²) in [6.07, 6.45) is 7.54. The first kappa shape index (κ1) is 27.2. The summed E-state index contributed by atoms with van der Waals surface area (Å²) in [5.74, 6) is -1.26. The van der Waals surface area contributed by atoms with Gasteiger partial charge in [-0.15, -0.1) is 0 Å². The maximum absolute atomic E-state index is 13.5. The van der Waals surface area contributed by atoms with Crippen molar-refractivity contribution in [2.24, 2.45) is 23.7 Å². The SMILES string of the molecule is CC(=O)O[C@@H]1[CH][C@@]2(O)[C@H](C)CC[C@@H](C(C)CN3CCCC(OCc4ccc(F)c(F)c4)C3)[C@H]2C=C1C. The lowest BCUT2D eigenvalue weighted by molar-refractivity contribution is -0.148. The van der Waals surface area contributed by atoms with E-state index in [2.05, 4.69) is 24.8 Å². The van der Waals surface area contributed by atoms with Crippen molar-refractivity contribution in [3.63, 3.8) is 0 Å². The van der Waals surface area contributed by atoms with Crippen molar-refractivity contribution in [1.29, 1.82) is 0 Å². The van der Waals surface area contributed by atoms with Gasteiger partial charge in [0.15, 0.2) is 11.6 Å². The summed E-state index contributed by atoms with van der Waals surface area (Å²) in [5, 5.41) is 11.8. The van der Waals surface area contributed by atoms with E-state index in [0.29, 0.717) is 17.4 Å². The lowest BCUT2D eigenvalue weighted by atomic mass is 9.57. The van der Waals surface area contributed by atoms with Gasteiger partial charge in [-0.05, 0) is 80.2 Å². The van der Waals surface area contributed by atoms with Gasteiger partial charge in [-0.1, -0.05) is 26.0 Å². The molecular weight excluding hydrogens is 464 g/mol. The summed E-state index contributed by atoms with van der Waals surface area (Å²) in [6.45, 7) is 10.7. The van der Waals surface area contributed by atoms with Gasteiger partial charge in [0, 0.05) is 32.4 Å². The van der Waals surface area contributed by atoms with Crippen LogP contribution in [0.25, 0.3) is 0 Å². The molecule has 5 nitrogen and oxygen atoms in total. The van der Waals surface area contributed by atoms with Crippen molar-refractivity contribution in [3.05, 3.63) is 53.5 Å². The zero-order valence-electron chi connectivity index (χ0n) is 21.9. The Bertz CT molecular complexity index is 969. The molecule has 1 aromatic rings. The number of halogens is 2. The van der Waals surface area contributed by atoms with Crippen molar-refractivity contribution < 1.29 is 28.2 Å². The highest BCUT2D eigenvalue weighted by molar-refractivity contribution is 5.66. The van der Waals surface area contributed by atoms with Gasteiger partial charge >= 0.3 is 5.97 Å². The lowest BCUT2D eigenvalue weighted by Crippen LogP contribution is -2.57. The predicted molar refractivity (Wildman–Crippen MR) is 134 cm³/mol. The van der Waals surface area contributed by atoms with E-state index in [1.165, 1.54) is 13.0 Å². The fraction of sp³-hybridized carbons (Fsp3) is 0.655. The largest absolute Gasteiger partial charge is 0.458 e. The lowest BCUT2D eigenvalue weighted by Gasteiger charge is -2.53. The molecule has 4 rings (SSSR count). The number of aliphatic hydroxyl groups is 1. The summed E-state index contributed by atoms with van der Waals surface area (Å²) in [6, 6.07) is 3.91. The molecule has 3 aliphatic rings. The van der Waals surface area contributed by atoms with E-state index in [1.807, 2.05) is 13.3 Å². The van der Waals surface area contributed by atoms with Crippen molar-refractivity contribution >= 4 is 5.97 Å². The van der Waals surface area contributed by atoms with Crippen LogP contribution in [0, 0.1) is 41.7 Å². The summed E-state index contributed by atoms with van der Waals surface area (Å²) < 4.78 is 38.3. The number of ether oxygens (including phenoxy) is 2. The van der Waals surface area contributed by atoms with Crippen molar-refractivity contribution in [1.82, 2.24) is 4.90 Å². The second-order valence-electron chi connectivity index (χ2n) is 11.2. The molecule has 36 heavy (non-hydrogen) atoms. The second kappa shape index (κ2) is 11.3. The highest BCUT2D eigenvalue weighted by Crippen LogP contribution is 2.51. The van der Waals surface area contributed by atoms with Crippen LogP contribution in [0.2, 0.25) is 0 Å². The van der Waals surface area contributed by atoms with Crippen molar-refractivity contribution in [2.75, 3.05) is 19.6 Å². The minimum absolute atomic E-state index is 0.00623. The molecule has 0 spiro atoms. The predicted octanol–water partition coefficient (Wildman–Crippen LogP) is 5.07. The zero-order valence-corrected chi connectivity index (χ0v) is 21.9. The number of hydrogen-bond acceptors (Lipinski definition) is 5. The summed E-state index contributed by atoms with van der Waals surface area (Å²) in [4.78, 5) is 14.0. The topological polar surface area (TPSA) is 59.0 Å². The third kappa shape index (κ3) is 6.00. The molecule has 1 aromatic carbocycles. The smallest absolute Gasteiger partial charge is 0.303 e. The molecule has 1 saturated carbocycles. The molecule has 2 unspecified atom stereocenters. The molecule has 1 saturated heterocycles. The monoisotopic (exact) mass is 504 g/mol. The molecule has 1 heterocycles. The molecule has 1 N–H and O–H groups in total. The van der Waals surface area contributed by atoms with E-state index in [0.717, 1.165) is 57.0 Å². The highest BCUT2D eigenvalue weighted by Gasteiger charge is 2.53. The van der Waals surface area contributed by atoms with E-state index < -0.39 is 23.3 Å². The molecule has 0 aromatic heterocycles. The van der Waals surface area contributed by atoms with Gasteiger partial charge in [0.1, 0.15) is 6.10 Å². The number of hydrogen-bond donors (Lipinski definition) is 1. The Labute approximate surface area is 213 Å². The number of rotatable bonds is 7. The molecule has 0 amide bonds. The number of carbonyl (C=O) groups is 1. The average molecular weight is 505 g/mol. The fourth-order valence-corrected chi connectivity index (χ4v) is 6.45. The second-order valence-corrected chi connectivity index (χ2v) is 11.2. The quantitative estimate of drug-likeness (QED) is 0.415. The van der Waals surface area contributed by atoms with Crippen LogP contribution in [0.3, 0.4) is 0 Å². The Balaban J connectivity index is 1.37. The number of carbonyl (C=O) groups excluding carboxylic acids is 1. The number of likely N-dealkylation sites (tertiary alicyclic amines) is 1. The third-order valence-electron chi connectivity index (χ3n) is 8.53. The highest BCUT2D eigenvalue weighted by atomic mass is 19.2. The van der Waals surface area contributed by atoms with Crippen LogP contribution in [0.1, 0.15) is 58.9 Å². The molecule has 2 aliphatic carbocycles. The van der Waals surface area contributed by atoms with E-state index in [-0.39, 0.29) is 30.5 Å². The van der Waals surface area contributed by atoms with Gasteiger partial charge in [0.25, 0.3) is 0 Å². The van der Waals surface area contributed by atoms with Crippen LogP contribution >= 0.6 is 0 Å². The first-order valence-electron chi connectivity index (χ1n) is 13.3. The number of esters is 1. The number of fused-ring (bicyclic) bond motifs is 1. The summed E-state index contributed by atoms with van der Waals surface area (Å²) in [7, 11) is 0. The number of benzene rings is 1. The maximum atomic E-state index is 13.5. The van der Waals surface area contributed by atoms with E-state index in [9.17, 15) is 18.7 Å². The Morgan fingerprint density at radius 1 is 1.25 bits per heavy atom. The average Bonchev–Trinajstić information content (AvgIpc) is 2.82. The Hall–Kier alpha value is -1.83. The van der Waals surface area contributed by atoms with E-state index in [1.54, 1.807) is 6.07 Å². The number of piperidine rings is 1. The molecular formula is C29H40F2NO4. The fourth-order valence-electron chi connectivity index (χ4n) is 6.45. The van der Waals surface area contributed by atoms with E-state index in [4.69, 9.17) is 9.47 Å². The van der Waals surface area contributed by atoms with Gasteiger partial charge in [-0.2, -0.15) is 0 Å². The number of nitrogens with zero attached hydrogens (tertiary/aromatic N) is 1.